The first kappa shape index (κ1) is 10.9. The van der Waals surface area contributed by atoms with Gasteiger partial charge in [-0.15, -0.1) is 0 Å². The lowest BCUT2D eigenvalue weighted by atomic mass is 10.4. The molecule has 0 fully saturated rings. The van der Waals surface area contributed by atoms with E-state index in [4.69, 9.17) is 5.26 Å². The Kier molecular flexibility index (Phi) is 12.3. The summed E-state index contributed by atoms with van der Waals surface area (Å²) in [5, 5.41) is 7.80. The molecule has 0 saturated heterocycles. The summed E-state index contributed by atoms with van der Waals surface area (Å²) in [4.78, 5) is 0. The van der Waals surface area contributed by atoms with Gasteiger partial charge in [0.25, 0.3) is 6.26 Å². The van der Waals surface area contributed by atoms with Gasteiger partial charge in [0.2, 0.25) is 0 Å². The largest absolute Gasteiger partial charge is 0.423 e. The quantitative estimate of drug-likeness (QED) is 0.420. The van der Waals surface area contributed by atoms with Gasteiger partial charge in [-0.3, -0.25) is 0 Å². The number of rotatable bonds is 2. The third-order valence-corrected chi connectivity index (χ3v) is 0.383. The second-order valence-corrected chi connectivity index (χ2v) is 1.34. The highest BCUT2D eigenvalue weighted by atomic mass is 16.5. The summed E-state index contributed by atoms with van der Waals surface area (Å²) in [7, 11) is 0. The lowest BCUT2D eigenvalue weighted by molar-refractivity contribution is 0.303. The normalized spacial score (nSPS) is 6.00. The molecular weight excluding hydrogens is 114 g/mol. The van der Waals surface area contributed by atoms with Gasteiger partial charge in [-0.05, 0) is 12.5 Å². The van der Waals surface area contributed by atoms with E-state index in [2.05, 4.69) is 11.3 Å². The first-order valence-corrected chi connectivity index (χ1v) is 2.92. The Morgan fingerprint density at radius 3 is 2.22 bits per heavy atom. The molecule has 0 saturated carbocycles. The SMILES string of the molecule is C=C(C)COC#N.CC. The van der Waals surface area contributed by atoms with E-state index >= 15 is 0 Å². The average Bonchev–Trinajstić information content (AvgIpc) is 1.88. The zero-order chi connectivity index (χ0) is 7.70. The molecule has 52 valence electrons. The fraction of sp³-hybridized carbons (Fsp3) is 0.571. The van der Waals surface area contributed by atoms with Crippen molar-refractivity contribution in [1.82, 2.24) is 0 Å². The van der Waals surface area contributed by atoms with Crippen LogP contribution in [0.3, 0.4) is 0 Å². The smallest absolute Gasteiger partial charge is 0.286 e. The van der Waals surface area contributed by atoms with Crippen LogP contribution in [0.4, 0.5) is 0 Å². The van der Waals surface area contributed by atoms with Gasteiger partial charge in [0.05, 0.1) is 0 Å². The van der Waals surface area contributed by atoms with Crippen LogP contribution in [0.2, 0.25) is 0 Å². The maximum atomic E-state index is 7.80. The molecule has 0 radical (unpaired) electrons. The lowest BCUT2D eigenvalue weighted by Crippen LogP contribution is -1.85. The Hall–Kier alpha value is -0.970. The van der Waals surface area contributed by atoms with Gasteiger partial charge in [0.1, 0.15) is 6.61 Å². The maximum Gasteiger partial charge on any atom is 0.286 e. The predicted molar refractivity (Wildman–Crippen MR) is 37.7 cm³/mol. The Morgan fingerprint density at radius 2 is 2.11 bits per heavy atom. The molecule has 0 spiro atoms. The second kappa shape index (κ2) is 10.1. The van der Waals surface area contributed by atoms with Crippen LogP contribution in [0.1, 0.15) is 20.8 Å². The minimum atomic E-state index is 0.344. The summed E-state index contributed by atoms with van der Waals surface area (Å²) < 4.78 is 4.30. The summed E-state index contributed by atoms with van der Waals surface area (Å²) in [6, 6.07) is 0. The molecule has 0 atom stereocenters. The van der Waals surface area contributed by atoms with E-state index in [0.717, 1.165) is 5.57 Å². The minimum absolute atomic E-state index is 0.344. The standard InChI is InChI=1S/C5H7NO.C2H6/c1-5(2)3-7-4-6;1-2/h1,3H2,2H3;1-2H3. The van der Waals surface area contributed by atoms with Crippen molar-refractivity contribution in [3.05, 3.63) is 12.2 Å². The van der Waals surface area contributed by atoms with Gasteiger partial charge in [-0.1, -0.05) is 20.4 Å². The van der Waals surface area contributed by atoms with Crippen molar-refractivity contribution in [3.8, 4) is 6.26 Å². The molecule has 0 aromatic heterocycles. The van der Waals surface area contributed by atoms with Crippen molar-refractivity contribution in [1.29, 1.82) is 5.26 Å². The predicted octanol–water partition coefficient (Wildman–Crippen LogP) is 2.09. The van der Waals surface area contributed by atoms with E-state index in [-0.39, 0.29) is 0 Å². The second-order valence-electron chi connectivity index (χ2n) is 1.34. The zero-order valence-electron chi connectivity index (χ0n) is 6.27. The van der Waals surface area contributed by atoms with Crippen molar-refractivity contribution in [2.45, 2.75) is 20.8 Å². The summed E-state index contributed by atoms with van der Waals surface area (Å²) in [6.45, 7) is 9.66. The van der Waals surface area contributed by atoms with Crippen molar-refractivity contribution >= 4 is 0 Å². The molecule has 0 heterocycles. The van der Waals surface area contributed by atoms with E-state index in [0.29, 0.717) is 6.61 Å². The molecule has 0 rings (SSSR count). The fourth-order valence-corrected chi connectivity index (χ4v) is 0.155. The molecule has 2 heteroatoms. The van der Waals surface area contributed by atoms with Crippen molar-refractivity contribution in [3.63, 3.8) is 0 Å². The Labute approximate surface area is 56.8 Å². The monoisotopic (exact) mass is 127 g/mol. The summed E-state index contributed by atoms with van der Waals surface area (Å²) in [5.41, 5.74) is 0.863. The molecule has 2 nitrogen and oxygen atoms in total. The summed E-state index contributed by atoms with van der Waals surface area (Å²) in [6.07, 6.45) is 1.54. The van der Waals surface area contributed by atoms with Gasteiger partial charge in [-0.25, -0.2) is 0 Å². The zero-order valence-corrected chi connectivity index (χ0v) is 6.27. The average molecular weight is 127 g/mol. The van der Waals surface area contributed by atoms with E-state index in [1.54, 1.807) is 6.92 Å². The van der Waals surface area contributed by atoms with Crippen molar-refractivity contribution in [2.75, 3.05) is 6.61 Å². The highest BCUT2D eigenvalue weighted by Crippen LogP contribution is 1.84. The van der Waals surface area contributed by atoms with Crippen LogP contribution in [0.25, 0.3) is 0 Å². The van der Waals surface area contributed by atoms with E-state index < -0.39 is 0 Å². The van der Waals surface area contributed by atoms with Gasteiger partial charge in [-0.2, -0.15) is 5.26 Å². The van der Waals surface area contributed by atoms with Gasteiger partial charge < -0.3 is 4.74 Å². The third kappa shape index (κ3) is 19.4. The number of hydrogen-bond acceptors (Lipinski definition) is 2. The van der Waals surface area contributed by atoms with Crippen LogP contribution in [0, 0.1) is 11.5 Å². The Morgan fingerprint density at radius 1 is 1.67 bits per heavy atom. The number of nitrogens with zero attached hydrogens (tertiary/aromatic N) is 1. The number of hydrogen-bond donors (Lipinski definition) is 0. The molecule has 0 bridgehead atoms. The first-order valence-electron chi connectivity index (χ1n) is 2.92. The molecule has 0 N–H and O–H groups in total. The number of nitriles is 1. The first-order chi connectivity index (χ1) is 4.27. The molecule has 0 amide bonds. The molecule has 9 heavy (non-hydrogen) atoms. The van der Waals surface area contributed by atoms with E-state index in [1.165, 1.54) is 6.26 Å². The van der Waals surface area contributed by atoms with Crippen molar-refractivity contribution < 1.29 is 4.74 Å². The molecular formula is C7H13NO. The Bertz CT molecular complexity index is 102. The topological polar surface area (TPSA) is 33.0 Å². The highest BCUT2D eigenvalue weighted by Gasteiger charge is 1.79. The van der Waals surface area contributed by atoms with Crippen LogP contribution in [-0.4, -0.2) is 6.61 Å². The summed E-state index contributed by atoms with van der Waals surface area (Å²) >= 11 is 0. The van der Waals surface area contributed by atoms with Crippen LogP contribution < -0.4 is 0 Å². The Balaban J connectivity index is 0. The minimum Gasteiger partial charge on any atom is -0.423 e. The molecule has 0 aromatic rings. The van der Waals surface area contributed by atoms with Crippen LogP contribution >= 0.6 is 0 Å². The molecule has 0 unspecified atom stereocenters. The molecule has 0 aliphatic heterocycles. The number of ether oxygens (including phenoxy) is 1. The van der Waals surface area contributed by atoms with E-state index in [9.17, 15) is 0 Å². The fourth-order valence-electron chi connectivity index (χ4n) is 0.155. The van der Waals surface area contributed by atoms with Gasteiger partial charge in [0.15, 0.2) is 0 Å². The maximum absolute atomic E-state index is 7.80. The molecule has 0 aromatic carbocycles. The van der Waals surface area contributed by atoms with E-state index in [1.807, 2.05) is 13.8 Å². The van der Waals surface area contributed by atoms with Crippen LogP contribution in [0.15, 0.2) is 12.2 Å². The van der Waals surface area contributed by atoms with Crippen molar-refractivity contribution in [2.24, 2.45) is 0 Å². The lowest BCUT2D eigenvalue weighted by Gasteiger charge is -1.89. The molecule has 0 aliphatic carbocycles. The summed E-state index contributed by atoms with van der Waals surface area (Å²) in [5.74, 6) is 0. The highest BCUT2D eigenvalue weighted by molar-refractivity contribution is 4.88. The van der Waals surface area contributed by atoms with Gasteiger partial charge in [0, 0.05) is 0 Å². The third-order valence-electron chi connectivity index (χ3n) is 0.383. The molecule has 0 aliphatic rings. The van der Waals surface area contributed by atoms with Crippen LogP contribution in [-0.2, 0) is 4.74 Å². The van der Waals surface area contributed by atoms with Gasteiger partial charge >= 0.3 is 0 Å². The van der Waals surface area contributed by atoms with Crippen LogP contribution in [0.5, 0.6) is 0 Å².